The highest BCUT2D eigenvalue weighted by Crippen LogP contribution is 2.29. The maximum absolute atomic E-state index is 4.47. The molecule has 7 nitrogen and oxygen atoms in total. The summed E-state index contributed by atoms with van der Waals surface area (Å²) in [5, 5.41) is 11.5. The molecule has 8 heteroatoms. The van der Waals surface area contributed by atoms with E-state index in [-0.39, 0.29) is 0 Å². The van der Waals surface area contributed by atoms with Crippen LogP contribution in [0.25, 0.3) is 10.2 Å². The molecule has 0 amide bonds. The number of nitrogens with zero attached hydrogens (tertiary/aromatic N) is 5. The second kappa shape index (κ2) is 5.04. The summed E-state index contributed by atoms with van der Waals surface area (Å²) in [4.78, 5) is 15.3. The number of rotatable bonds is 4. The fourth-order valence-corrected chi connectivity index (χ4v) is 2.80. The minimum atomic E-state index is 0.533. The van der Waals surface area contributed by atoms with Gasteiger partial charge in [-0.1, -0.05) is 0 Å². The molecule has 0 saturated carbocycles. The van der Waals surface area contributed by atoms with Crippen molar-refractivity contribution < 1.29 is 0 Å². The van der Waals surface area contributed by atoms with Crippen LogP contribution >= 0.6 is 11.3 Å². The molecular formula is C12H15N7S. The number of hydrogen-bond acceptors (Lipinski definition) is 7. The van der Waals surface area contributed by atoms with E-state index >= 15 is 0 Å². The van der Waals surface area contributed by atoms with Crippen LogP contribution in [0.5, 0.6) is 0 Å². The van der Waals surface area contributed by atoms with E-state index < -0.39 is 0 Å². The molecule has 3 aromatic rings. The van der Waals surface area contributed by atoms with Gasteiger partial charge in [-0.15, -0.1) is 11.3 Å². The Labute approximate surface area is 120 Å². The monoisotopic (exact) mass is 289 g/mol. The Balaban J connectivity index is 1.92. The van der Waals surface area contributed by atoms with E-state index in [1.54, 1.807) is 22.3 Å². The van der Waals surface area contributed by atoms with Gasteiger partial charge in [-0.05, 0) is 13.0 Å². The lowest BCUT2D eigenvalue weighted by Crippen LogP contribution is -2.06. The third-order valence-electron chi connectivity index (χ3n) is 2.80. The zero-order valence-electron chi connectivity index (χ0n) is 11.5. The third kappa shape index (κ3) is 2.42. The fourth-order valence-electron chi connectivity index (χ4n) is 1.92. The van der Waals surface area contributed by atoms with Gasteiger partial charge in [0.1, 0.15) is 17.0 Å². The van der Waals surface area contributed by atoms with Crippen LogP contribution in [-0.4, -0.2) is 31.8 Å². The maximum atomic E-state index is 4.47. The van der Waals surface area contributed by atoms with Crippen molar-refractivity contribution in [2.24, 2.45) is 7.05 Å². The summed E-state index contributed by atoms with van der Waals surface area (Å²) in [6.07, 6.45) is 1.68. The van der Waals surface area contributed by atoms with E-state index in [0.29, 0.717) is 12.5 Å². The third-order valence-corrected chi connectivity index (χ3v) is 3.74. The quantitative estimate of drug-likeness (QED) is 0.762. The lowest BCUT2D eigenvalue weighted by molar-refractivity contribution is 0.747. The zero-order valence-corrected chi connectivity index (χ0v) is 12.3. The van der Waals surface area contributed by atoms with Crippen LogP contribution in [0, 0.1) is 6.92 Å². The minimum absolute atomic E-state index is 0.533. The molecule has 104 valence electrons. The Kier molecular flexibility index (Phi) is 3.23. The first-order valence-electron chi connectivity index (χ1n) is 6.20. The van der Waals surface area contributed by atoms with Crippen LogP contribution in [0.3, 0.4) is 0 Å². The van der Waals surface area contributed by atoms with Gasteiger partial charge in [0.05, 0.1) is 11.9 Å². The predicted molar refractivity (Wildman–Crippen MR) is 80.0 cm³/mol. The topological polar surface area (TPSA) is 80.5 Å². The lowest BCUT2D eigenvalue weighted by Gasteiger charge is -2.06. The summed E-state index contributed by atoms with van der Waals surface area (Å²) in [7, 11) is 3.66. The molecule has 0 bridgehead atoms. The summed E-state index contributed by atoms with van der Waals surface area (Å²) in [5.74, 6) is 2.14. The molecule has 0 aliphatic carbocycles. The van der Waals surface area contributed by atoms with Gasteiger partial charge >= 0.3 is 0 Å². The van der Waals surface area contributed by atoms with Crippen molar-refractivity contribution in [1.29, 1.82) is 0 Å². The highest BCUT2D eigenvalue weighted by molar-refractivity contribution is 7.18. The van der Waals surface area contributed by atoms with E-state index in [2.05, 4.69) is 43.7 Å². The number of thiophene rings is 1. The molecule has 0 unspecified atom stereocenters. The molecule has 3 aromatic heterocycles. The maximum Gasteiger partial charge on any atom is 0.225 e. The zero-order chi connectivity index (χ0) is 14.1. The van der Waals surface area contributed by atoms with Gasteiger partial charge < -0.3 is 10.6 Å². The normalized spacial score (nSPS) is 10.9. The Hall–Kier alpha value is -2.22. The molecule has 0 aromatic carbocycles. The Morgan fingerprint density at radius 2 is 2.20 bits per heavy atom. The number of aromatic nitrogens is 5. The van der Waals surface area contributed by atoms with Gasteiger partial charge in [0.15, 0.2) is 5.82 Å². The van der Waals surface area contributed by atoms with E-state index in [4.69, 9.17) is 0 Å². The highest BCUT2D eigenvalue weighted by Gasteiger charge is 2.10. The fraction of sp³-hybridized carbons (Fsp3) is 0.333. The molecule has 0 aliphatic heterocycles. The molecule has 20 heavy (non-hydrogen) atoms. The largest absolute Gasteiger partial charge is 0.362 e. The van der Waals surface area contributed by atoms with Crippen molar-refractivity contribution in [3.8, 4) is 0 Å². The molecule has 0 atom stereocenters. The summed E-state index contributed by atoms with van der Waals surface area (Å²) >= 11 is 1.66. The van der Waals surface area contributed by atoms with E-state index in [1.165, 1.54) is 4.88 Å². The second-order valence-electron chi connectivity index (χ2n) is 4.41. The van der Waals surface area contributed by atoms with Crippen molar-refractivity contribution in [2.45, 2.75) is 13.5 Å². The van der Waals surface area contributed by atoms with E-state index in [0.717, 1.165) is 21.9 Å². The van der Waals surface area contributed by atoms with Crippen molar-refractivity contribution in [1.82, 2.24) is 24.7 Å². The van der Waals surface area contributed by atoms with Crippen molar-refractivity contribution in [3.63, 3.8) is 0 Å². The minimum Gasteiger partial charge on any atom is -0.362 e. The van der Waals surface area contributed by atoms with Gasteiger partial charge in [0.25, 0.3) is 0 Å². The van der Waals surface area contributed by atoms with Crippen LogP contribution in [0.2, 0.25) is 0 Å². The van der Waals surface area contributed by atoms with Gasteiger partial charge in [-0.3, -0.25) is 4.68 Å². The molecular weight excluding hydrogens is 274 g/mol. The molecule has 0 spiro atoms. The second-order valence-corrected chi connectivity index (χ2v) is 5.64. The summed E-state index contributed by atoms with van der Waals surface area (Å²) < 4.78 is 1.68. The number of fused-ring (bicyclic) bond motifs is 1. The number of anilines is 2. The van der Waals surface area contributed by atoms with Crippen LogP contribution in [-0.2, 0) is 13.6 Å². The first kappa shape index (κ1) is 12.8. The average Bonchev–Trinajstić information content (AvgIpc) is 3.00. The predicted octanol–water partition coefficient (Wildman–Crippen LogP) is 1.78. The highest BCUT2D eigenvalue weighted by atomic mass is 32.1. The van der Waals surface area contributed by atoms with Crippen molar-refractivity contribution in [2.75, 3.05) is 17.7 Å². The summed E-state index contributed by atoms with van der Waals surface area (Å²) in [6, 6.07) is 2.09. The van der Waals surface area contributed by atoms with Crippen LogP contribution < -0.4 is 10.6 Å². The molecule has 0 fully saturated rings. The van der Waals surface area contributed by atoms with Gasteiger partial charge in [0.2, 0.25) is 5.95 Å². The van der Waals surface area contributed by atoms with E-state index in [9.17, 15) is 0 Å². The molecule has 0 aliphatic rings. The SMILES string of the molecule is CNc1nc(NCc2ncn(C)n2)c2cc(C)sc2n1. The Morgan fingerprint density at radius 3 is 2.90 bits per heavy atom. The Morgan fingerprint density at radius 1 is 1.35 bits per heavy atom. The number of hydrogen-bond donors (Lipinski definition) is 2. The first-order valence-corrected chi connectivity index (χ1v) is 7.01. The van der Waals surface area contributed by atoms with Gasteiger partial charge in [-0.25, -0.2) is 9.97 Å². The van der Waals surface area contributed by atoms with Crippen LogP contribution in [0.4, 0.5) is 11.8 Å². The smallest absolute Gasteiger partial charge is 0.225 e. The average molecular weight is 289 g/mol. The molecule has 2 N–H and O–H groups in total. The van der Waals surface area contributed by atoms with Gasteiger partial charge in [-0.2, -0.15) is 10.1 Å². The molecule has 0 saturated heterocycles. The van der Waals surface area contributed by atoms with Crippen LogP contribution in [0.15, 0.2) is 12.4 Å². The Bertz CT molecular complexity index is 745. The van der Waals surface area contributed by atoms with E-state index in [1.807, 2.05) is 14.1 Å². The summed E-state index contributed by atoms with van der Waals surface area (Å²) in [5.41, 5.74) is 0. The molecule has 3 heterocycles. The molecule has 3 rings (SSSR count). The van der Waals surface area contributed by atoms with Crippen molar-refractivity contribution >= 4 is 33.3 Å². The summed E-state index contributed by atoms with van der Waals surface area (Å²) in [6.45, 7) is 2.60. The lowest BCUT2D eigenvalue weighted by atomic mass is 10.3. The van der Waals surface area contributed by atoms with Crippen molar-refractivity contribution in [3.05, 3.63) is 23.1 Å². The first-order chi connectivity index (χ1) is 9.65. The number of aryl methyl sites for hydroxylation is 2. The standard InChI is InChI=1S/C12H15N7S/c1-7-4-8-10(14-5-9-15-6-19(3)18-9)16-12(13-2)17-11(8)20-7/h4,6H,5H2,1-3H3,(H2,13,14,16,17). The van der Waals surface area contributed by atoms with Gasteiger partial charge in [0, 0.05) is 19.0 Å². The number of nitrogens with one attached hydrogen (secondary N) is 2. The van der Waals surface area contributed by atoms with Crippen LogP contribution in [0.1, 0.15) is 10.7 Å². The molecule has 0 radical (unpaired) electrons.